The summed E-state index contributed by atoms with van der Waals surface area (Å²) in [5.74, 6) is 0.0207. The van der Waals surface area contributed by atoms with Crippen LogP contribution in [0.25, 0.3) is 10.9 Å². The lowest BCUT2D eigenvalue weighted by molar-refractivity contribution is 0.0239. The van der Waals surface area contributed by atoms with E-state index in [1.807, 2.05) is 44.9 Å². The van der Waals surface area contributed by atoms with Crippen LogP contribution in [0.5, 0.6) is 0 Å². The Hall–Kier alpha value is -0.810. The smallest absolute Gasteiger partial charge is 0.410 e. The van der Waals surface area contributed by atoms with Crippen LogP contribution in [0.4, 0.5) is 14.9 Å². The number of thioether (sulfide) groups is 1. The van der Waals surface area contributed by atoms with Crippen LogP contribution >= 0.6 is 50.3 Å². The summed E-state index contributed by atoms with van der Waals surface area (Å²) in [7, 11) is 0. The third kappa shape index (κ3) is 3.79. The van der Waals surface area contributed by atoms with Gasteiger partial charge in [0.1, 0.15) is 16.1 Å². The Bertz CT molecular complexity index is 1050. The van der Waals surface area contributed by atoms with E-state index in [0.29, 0.717) is 22.5 Å². The Morgan fingerprint density at radius 3 is 2.80 bits per heavy atom. The highest BCUT2D eigenvalue weighted by Gasteiger charge is 2.55. The molecule has 2 saturated heterocycles. The molecule has 2 aromatic rings. The summed E-state index contributed by atoms with van der Waals surface area (Å²) in [4.78, 5) is 19.0. The number of nitrogens with zero attached hydrogens (tertiary/aromatic N) is 2. The highest BCUT2D eigenvalue weighted by Crippen LogP contribution is 2.46. The molecular weight excluding hydrogens is 584 g/mol. The molecule has 3 fully saturated rings. The third-order valence-electron chi connectivity index (χ3n) is 5.68. The van der Waals surface area contributed by atoms with Crippen LogP contribution in [0.1, 0.15) is 32.8 Å². The number of rotatable bonds is 3. The number of nitrogens with one attached hydrogen (secondary N) is 1. The number of aryl methyl sites for hydroxylation is 1. The van der Waals surface area contributed by atoms with E-state index in [4.69, 9.17) is 4.74 Å². The molecular formula is C21H24BrFIN3O2S. The highest BCUT2D eigenvalue weighted by molar-refractivity contribution is 14.1. The number of pyridine rings is 1. The monoisotopic (exact) mass is 607 g/mol. The van der Waals surface area contributed by atoms with Gasteiger partial charge in [-0.3, -0.25) is 0 Å². The molecule has 1 amide bonds. The maximum Gasteiger partial charge on any atom is 0.410 e. The minimum absolute atomic E-state index is 0.0861. The number of fused-ring (bicyclic) bond motifs is 2. The first-order chi connectivity index (χ1) is 14.0. The largest absolute Gasteiger partial charge is 0.444 e. The van der Waals surface area contributed by atoms with Crippen LogP contribution in [0.2, 0.25) is 0 Å². The first kappa shape index (κ1) is 22.4. The number of anilines is 1. The molecule has 9 heteroatoms. The van der Waals surface area contributed by atoms with E-state index in [9.17, 15) is 9.18 Å². The third-order valence-corrected chi connectivity index (χ3v) is 8.76. The zero-order valence-corrected chi connectivity index (χ0v) is 22.0. The average molecular weight is 608 g/mol. The molecule has 3 heterocycles. The number of hydrogen-bond acceptors (Lipinski definition) is 5. The predicted octanol–water partition coefficient (Wildman–Crippen LogP) is 6.19. The molecule has 1 N–H and O–H groups in total. The van der Waals surface area contributed by atoms with E-state index >= 15 is 0 Å². The van der Waals surface area contributed by atoms with Gasteiger partial charge in [-0.1, -0.05) is 0 Å². The topological polar surface area (TPSA) is 54.5 Å². The van der Waals surface area contributed by atoms with Gasteiger partial charge in [0.25, 0.3) is 0 Å². The van der Waals surface area contributed by atoms with Gasteiger partial charge >= 0.3 is 6.09 Å². The molecule has 5 nitrogen and oxygen atoms in total. The van der Waals surface area contributed by atoms with Gasteiger partial charge in [-0.15, -0.1) is 11.8 Å². The van der Waals surface area contributed by atoms with Crippen molar-refractivity contribution in [3.05, 3.63) is 25.5 Å². The molecule has 30 heavy (non-hydrogen) atoms. The molecule has 3 aliphatic rings. The van der Waals surface area contributed by atoms with E-state index in [2.05, 4.69) is 48.8 Å². The number of halogens is 3. The summed E-state index contributed by atoms with van der Waals surface area (Å²) >= 11 is 7.12. The second-order valence-electron chi connectivity index (χ2n) is 8.89. The Kier molecular flexibility index (Phi) is 5.93. The first-order valence-corrected chi connectivity index (χ1v) is 12.9. The van der Waals surface area contributed by atoms with Crippen molar-refractivity contribution in [3.63, 3.8) is 0 Å². The molecule has 0 spiro atoms. The Morgan fingerprint density at radius 2 is 2.17 bits per heavy atom. The van der Waals surface area contributed by atoms with Crippen molar-refractivity contribution in [2.24, 2.45) is 5.92 Å². The lowest BCUT2D eigenvalue weighted by Crippen LogP contribution is -2.50. The van der Waals surface area contributed by atoms with Crippen LogP contribution in [-0.4, -0.2) is 46.5 Å². The van der Waals surface area contributed by atoms with Gasteiger partial charge in [-0.05, 0) is 90.5 Å². The zero-order valence-electron chi connectivity index (χ0n) is 17.5. The summed E-state index contributed by atoms with van der Waals surface area (Å²) in [6.45, 7) is 8.21. The summed E-state index contributed by atoms with van der Waals surface area (Å²) in [5, 5.41) is 5.21. The number of ether oxygens (including phenoxy) is 1. The van der Waals surface area contributed by atoms with Crippen LogP contribution < -0.4 is 5.32 Å². The second-order valence-corrected chi connectivity index (χ2v) is 11.6. The van der Waals surface area contributed by atoms with Gasteiger partial charge in [0.15, 0.2) is 5.82 Å². The van der Waals surface area contributed by atoms with Gasteiger partial charge in [0.05, 0.1) is 25.8 Å². The van der Waals surface area contributed by atoms with Gasteiger partial charge in [-0.25, -0.2) is 14.2 Å². The van der Waals surface area contributed by atoms with Gasteiger partial charge in [0, 0.05) is 17.8 Å². The molecule has 1 aliphatic carbocycles. The van der Waals surface area contributed by atoms with Crippen LogP contribution in [0.15, 0.2) is 15.6 Å². The fourth-order valence-corrected chi connectivity index (χ4v) is 6.22. The van der Waals surface area contributed by atoms with Gasteiger partial charge < -0.3 is 15.0 Å². The standard InChI is InChI=1S/C21H24BrFIN3O2S/c1-9-6-11-17(14(23)13(9)22)26-19(30-5)15(24)18(11)25-16-10-7-12(16)27(8-10)20(28)29-21(2,3)4/h6,10,12,16H,7-8H2,1-5H3,(H,25,26)/t10-,12-,16+/m1/s1. The molecule has 5 rings (SSSR count). The number of aromatic nitrogens is 1. The average Bonchev–Trinajstić information content (AvgIpc) is 3.24. The Labute approximate surface area is 202 Å². The summed E-state index contributed by atoms with van der Waals surface area (Å²) in [5.41, 5.74) is 1.56. The van der Waals surface area contributed by atoms with Gasteiger partial charge in [0.2, 0.25) is 0 Å². The summed E-state index contributed by atoms with van der Waals surface area (Å²) in [6, 6.07) is 2.18. The quantitative estimate of drug-likeness (QED) is 0.333. The minimum atomic E-state index is -0.515. The lowest BCUT2D eigenvalue weighted by atomic mass is 9.80. The predicted molar refractivity (Wildman–Crippen MR) is 131 cm³/mol. The number of carbonyl (C=O) groups is 1. The van der Waals surface area contributed by atoms with Crippen molar-refractivity contribution in [2.75, 3.05) is 18.1 Å². The summed E-state index contributed by atoms with van der Waals surface area (Å²) < 4.78 is 22.0. The van der Waals surface area contributed by atoms with E-state index in [1.165, 1.54) is 11.8 Å². The molecule has 2 bridgehead atoms. The van der Waals surface area contributed by atoms with E-state index in [0.717, 1.165) is 31.7 Å². The highest BCUT2D eigenvalue weighted by atomic mass is 127. The second kappa shape index (κ2) is 7.95. The van der Waals surface area contributed by atoms with Gasteiger partial charge in [-0.2, -0.15) is 0 Å². The van der Waals surface area contributed by atoms with Crippen molar-refractivity contribution in [1.82, 2.24) is 9.88 Å². The fraction of sp³-hybridized carbons (Fsp3) is 0.524. The molecule has 162 valence electrons. The molecule has 0 unspecified atom stereocenters. The Balaban J connectivity index is 1.68. The van der Waals surface area contributed by atoms with Crippen LogP contribution in [0.3, 0.4) is 0 Å². The Morgan fingerprint density at radius 1 is 1.47 bits per heavy atom. The van der Waals surface area contributed by atoms with Crippen molar-refractivity contribution in [2.45, 2.75) is 56.8 Å². The van der Waals surface area contributed by atoms with Crippen molar-refractivity contribution in [1.29, 1.82) is 0 Å². The fourth-order valence-electron chi connectivity index (χ4n) is 4.23. The van der Waals surface area contributed by atoms with E-state index in [-0.39, 0.29) is 24.0 Å². The minimum Gasteiger partial charge on any atom is -0.444 e. The molecule has 2 aliphatic heterocycles. The number of amides is 1. The number of benzene rings is 1. The SMILES string of the molecule is CSc1nc2c(F)c(Br)c(C)cc2c(N[C@H]2[C@@H]3C[C@H]2N(C(=O)OC(C)(C)C)C3)c1I. The molecule has 1 aromatic heterocycles. The lowest BCUT2D eigenvalue weighted by Gasteiger charge is -2.38. The summed E-state index contributed by atoms with van der Waals surface area (Å²) in [6.07, 6.45) is 2.65. The normalized spacial score (nSPS) is 22.9. The van der Waals surface area contributed by atoms with Crippen LogP contribution in [-0.2, 0) is 4.74 Å². The van der Waals surface area contributed by atoms with E-state index in [1.54, 1.807) is 0 Å². The van der Waals surface area contributed by atoms with Crippen LogP contribution in [0, 0.1) is 22.2 Å². The number of hydrogen-bond donors (Lipinski definition) is 1. The maximum absolute atomic E-state index is 15.0. The van der Waals surface area contributed by atoms with Crippen molar-refractivity contribution in [3.8, 4) is 0 Å². The van der Waals surface area contributed by atoms with Crippen molar-refractivity contribution >= 4 is 73.0 Å². The molecule has 3 atom stereocenters. The molecule has 1 aromatic carbocycles. The maximum atomic E-state index is 15.0. The zero-order chi connectivity index (χ0) is 22.0. The van der Waals surface area contributed by atoms with Crippen molar-refractivity contribution < 1.29 is 13.9 Å². The molecule has 0 radical (unpaired) electrons. The van der Waals surface area contributed by atoms with E-state index < -0.39 is 5.60 Å². The first-order valence-electron chi connectivity index (χ1n) is 9.79. The number of carbonyl (C=O) groups excluding carboxylic acids is 1. The molecule has 1 saturated carbocycles.